The Balaban J connectivity index is 2.00. The van der Waals surface area contributed by atoms with Crippen molar-refractivity contribution >= 4 is 22.5 Å². The highest BCUT2D eigenvalue weighted by Gasteiger charge is 2.06. The topological polar surface area (TPSA) is 87.7 Å². The lowest BCUT2D eigenvalue weighted by molar-refractivity contribution is -0.120. The fourth-order valence-corrected chi connectivity index (χ4v) is 2.06. The van der Waals surface area contributed by atoms with E-state index in [1.54, 1.807) is 0 Å². The highest BCUT2D eigenvalue weighted by Crippen LogP contribution is 2.18. The normalized spacial score (nSPS) is 11.5. The first-order valence-corrected chi connectivity index (χ1v) is 6.40. The number of rotatable bonds is 5. The maximum atomic E-state index is 11.9. The van der Waals surface area contributed by atoms with Gasteiger partial charge in [0.25, 0.3) is 0 Å². The van der Waals surface area contributed by atoms with Gasteiger partial charge in [0.1, 0.15) is 5.84 Å². The lowest BCUT2D eigenvalue weighted by atomic mass is 10.0. The molecule has 104 valence electrons. The Morgan fingerprint density at radius 3 is 2.75 bits per heavy atom. The molecule has 0 unspecified atom stereocenters. The molecule has 1 amide bonds. The molecule has 0 aliphatic heterocycles. The number of carbonyl (C=O) groups is 1. The number of amides is 1. The van der Waals surface area contributed by atoms with Crippen LogP contribution in [0, 0.1) is 0 Å². The van der Waals surface area contributed by atoms with Crippen molar-refractivity contribution in [1.82, 2.24) is 5.32 Å². The molecule has 0 aliphatic carbocycles. The lowest BCUT2D eigenvalue weighted by Crippen LogP contribution is -2.29. The van der Waals surface area contributed by atoms with Crippen LogP contribution >= 0.6 is 0 Å². The van der Waals surface area contributed by atoms with Crippen LogP contribution in [0.15, 0.2) is 47.6 Å². The quantitative estimate of drug-likeness (QED) is 0.334. The zero-order chi connectivity index (χ0) is 14.4. The van der Waals surface area contributed by atoms with Crippen LogP contribution in [0.5, 0.6) is 0 Å². The first-order valence-electron chi connectivity index (χ1n) is 6.40. The predicted molar refractivity (Wildman–Crippen MR) is 78.7 cm³/mol. The molecule has 0 spiro atoms. The number of oxime groups is 1. The van der Waals surface area contributed by atoms with Crippen LogP contribution < -0.4 is 11.1 Å². The van der Waals surface area contributed by atoms with Crippen molar-refractivity contribution in [1.29, 1.82) is 0 Å². The lowest BCUT2D eigenvalue weighted by Gasteiger charge is -2.07. The first kappa shape index (κ1) is 13.9. The summed E-state index contributed by atoms with van der Waals surface area (Å²) < 4.78 is 0. The average molecular weight is 271 g/mol. The molecule has 0 bridgehead atoms. The third-order valence-electron chi connectivity index (χ3n) is 3.06. The number of carbonyl (C=O) groups excluding carboxylic acids is 1. The fraction of sp³-hybridized carbons (Fsp3) is 0.200. The molecular weight excluding hydrogens is 254 g/mol. The zero-order valence-electron chi connectivity index (χ0n) is 11.0. The third kappa shape index (κ3) is 3.47. The Morgan fingerprint density at radius 2 is 1.95 bits per heavy atom. The van der Waals surface area contributed by atoms with E-state index in [2.05, 4.69) is 10.5 Å². The smallest absolute Gasteiger partial charge is 0.224 e. The minimum atomic E-state index is -0.0768. The van der Waals surface area contributed by atoms with Gasteiger partial charge < -0.3 is 16.3 Å². The van der Waals surface area contributed by atoms with Crippen LogP contribution in [-0.4, -0.2) is 23.5 Å². The Kier molecular flexibility index (Phi) is 4.55. The number of hydrogen-bond acceptors (Lipinski definition) is 3. The molecule has 20 heavy (non-hydrogen) atoms. The highest BCUT2D eigenvalue weighted by molar-refractivity contribution is 5.90. The highest BCUT2D eigenvalue weighted by atomic mass is 16.4. The van der Waals surface area contributed by atoms with E-state index < -0.39 is 0 Å². The summed E-state index contributed by atoms with van der Waals surface area (Å²) in [5.41, 5.74) is 6.33. The molecular formula is C15H17N3O2. The monoisotopic (exact) mass is 271 g/mol. The van der Waals surface area contributed by atoms with Crippen LogP contribution in [0.4, 0.5) is 0 Å². The Bertz CT molecular complexity index is 633. The molecule has 0 saturated carbocycles. The predicted octanol–water partition coefficient (Wildman–Crippen LogP) is 1.63. The molecule has 2 rings (SSSR count). The van der Waals surface area contributed by atoms with Crippen LogP contribution in [0.2, 0.25) is 0 Å². The molecule has 0 saturated heterocycles. The molecule has 0 radical (unpaired) electrons. The van der Waals surface area contributed by atoms with Crippen molar-refractivity contribution in [2.75, 3.05) is 6.54 Å². The van der Waals surface area contributed by atoms with E-state index in [9.17, 15) is 4.79 Å². The average Bonchev–Trinajstić information content (AvgIpc) is 2.47. The molecule has 2 aromatic carbocycles. The van der Waals surface area contributed by atoms with Gasteiger partial charge in [0.2, 0.25) is 5.91 Å². The second-order valence-electron chi connectivity index (χ2n) is 4.51. The number of benzene rings is 2. The Labute approximate surface area is 117 Å². The molecule has 0 heterocycles. The molecule has 0 atom stereocenters. The van der Waals surface area contributed by atoms with Crippen LogP contribution in [0.1, 0.15) is 12.0 Å². The van der Waals surface area contributed by atoms with E-state index in [1.165, 1.54) is 0 Å². The molecule has 5 heteroatoms. The number of nitrogens with zero attached hydrogens (tertiary/aromatic N) is 1. The van der Waals surface area contributed by atoms with Crippen molar-refractivity contribution in [3.05, 3.63) is 48.0 Å². The van der Waals surface area contributed by atoms with Crippen LogP contribution in [0.3, 0.4) is 0 Å². The third-order valence-corrected chi connectivity index (χ3v) is 3.06. The zero-order valence-corrected chi connectivity index (χ0v) is 11.0. The van der Waals surface area contributed by atoms with Gasteiger partial charge in [-0.15, -0.1) is 0 Å². The van der Waals surface area contributed by atoms with E-state index in [0.29, 0.717) is 19.4 Å². The summed E-state index contributed by atoms with van der Waals surface area (Å²) in [6.07, 6.45) is 0.648. The van der Waals surface area contributed by atoms with E-state index in [-0.39, 0.29) is 11.7 Å². The van der Waals surface area contributed by atoms with E-state index in [0.717, 1.165) is 16.3 Å². The minimum Gasteiger partial charge on any atom is -0.409 e. The van der Waals surface area contributed by atoms with E-state index in [1.807, 2.05) is 42.5 Å². The Morgan fingerprint density at radius 1 is 1.20 bits per heavy atom. The maximum absolute atomic E-state index is 11.9. The molecule has 5 nitrogen and oxygen atoms in total. The van der Waals surface area contributed by atoms with Crippen molar-refractivity contribution < 1.29 is 10.0 Å². The van der Waals surface area contributed by atoms with Crippen LogP contribution in [0.25, 0.3) is 10.8 Å². The summed E-state index contributed by atoms with van der Waals surface area (Å²) in [5.74, 6) is 0.0301. The van der Waals surface area contributed by atoms with E-state index >= 15 is 0 Å². The van der Waals surface area contributed by atoms with Gasteiger partial charge in [-0.2, -0.15) is 0 Å². The van der Waals surface area contributed by atoms with Gasteiger partial charge >= 0.3 is 0 Å². The maximum Gasteiger partial charge on any atom is 0.224 e. The largest absolute Gasteiger partial charge is 0.409 e. The van der Waals surface area contributed by atoms with Gasteiger partial charge in [0, 0.05) is 13.0 Å². The molecule has 0 fully saturated rings. The second kappa shape index (κ2) is 6.56. The first-order chi connectivity index (χ1) is 9.70. The summed E-state index contributed by atoms with van der Waals surface area (Å²) >= 11 is 0. The SMILES string of the molecule is NC(CCNC(=O)Cc1cccc2ccccc12)=NO. The van der Waals surface area contributed by atoms with Crippen molar-refractivity contribution in [3.8, 4) is 0 Å². The summed E-state index contributed by atoms with van der Waals surface area (Å²) in [4.78, 5) is 11.9. The number of amidine groups is 1. The van der Waals surface area contributed by atoms with E-state index in [4.69, 9.17) is 10.9 Å². The number of nitrogens with one attached hydrogen (secondary N) is 1. The summed E-state index contributed by atoms with van der Waals surface area (Å²) in [5, 5.41) is 16.2. The second-order valence-corrected chi connectivity index (χ2v) is 4.51. The van der Waals surface area contributed by atoms with Crippen LogP contribution in [-0.2, 0) is 11.2 Å². The number of hydrogen-bond donors (Lipinski definition) is 3. The molecule has 0 aromatic heterocycles. The molecule has 0 aliphatic rings. The summed E-state index contributed by atoms with van der Waals surface area (Å²) in [6.45, 7) is 0.361. The number of nitrogens with two attached hydrogens (primary N) is 1. The van der Waals surface area contributed by atoms with Gasteiger partial charge in [-0.05, 0) is 16.3 Å². The minimum absolute atomic E-state index is 0.0768. The number of fused-ring (bicyclic) bond motifs is 1. The van der Waals surface area contributed by atoms with Gasteiger partial charge in [-0.1, -0.05) is 47.6 Å². The summed E-state index contributed by atoms with van der Waals surface area (Å²) in [7, 11) is 0. The van der Waals surface area contributed by atoms with Crippen molar-refractivity contribution in [2.24, 2.45) is 10.9 Å². The molecule has 2 aromatic rings. The Hall–Kier alpha value is -2.56. The van der Waals surface area contributed by atoms with Crippen molar-refractivity contribution in [2.45, 2.75) is 12.8 Å². The molecule has 4 N–H and O–H groups in total. The van der Waals surface area contributed by atoms with Gasteiger partial charge in [-0.25, -0.2) is 0 Å². The standard InChI is InChI=1S/C15H17N3O2/c16-14(18-20)8-9-17-15(19)10-12-6-3-5-11-4-1-2-7-13(11)12/h1-7,20H,8-10H2,(H2,16,18)(H,17,19). The van der Waals surface area contributed by atoms with Gasteiger partial charge in [0.05, 0.1) is 6.42 Å². The van der Waals surface area contributed by atoms with Gasteiger partial charge in [0.15, 0.2) is 0 Å². The fourth-order valence-electron chi connectivity index (χ4n) is 2.06. The summed E-state index contributed by atoms with van der Waals surface area (Å²) in [6, 6.07) is 13.9. The van der Waals surface area contributed by atoms with Gasteiger partial charge in [-0.3, -0.25) is 4.79 Å². The van der Waals surface area contributed by atoms with Crippen molar-refractivity contribution in [3.63, 3.8) is 0 Å².